The van der Waals surface area contributed by atoms with Crippen LogP contribution in [-0.2, 0) is 0 Å². The van der Waals surface area contributed by atoms with Gasteiger partial charge in [0.15, 0.2) is 6.33 Å². The molecular formula is C9H13N4. The zero-order valence-electron chi connectivity index (χ0n) is 7.75. The maximum atomic E-state index is 4.16. The van der Waals surface area contributed by atoms with E-state index in [0.29, 0.717) is 0 Å². The van der Waals surface area contributed by atoms with E-state index in [1.807, 2.05) is 13.1 Å². The van der Waals surface area contributed by atoms with E-state index in [-0.39, 0.29) is 0 Å². The van der Waals surface area contributed by atoms with E-state index in [9.17, 15) is 0 Å². The molecule has 1 fully saturated rings. The Bertz CT molecular complexity index is 281. The Kier molecular flexibility index (Phi) is 2.40. The van der Waals surface area contributed by atoms with Crippen molar-refractivity contribution < 1.29 is 0 Å². The minimum Gasteiger partial charge on any atom is -0.354 e. The average molecular weight is 177 g/mol. The summed E-state index contributed by atoms with van der Waals surface area (Å²) >= 11 is 0. The van der Waals surface area contributed by atoms with Crippen LogP contribution in [0.3, 0.4) is 0 Å². The third kappa shape index (κ3) is 1.78. The van der Waals surface area contributed by atoms with Crippen molar-refractivity contribution in [2.75, 3.05) is 31.1 Å². The van der Waals surface area contributed by atoms with Crippen molar-refractivity contribution in [1.82, 2.24) is 15.3 Å². The lowest BCUT2D eigenvalue weighted by Gasteiger charge is -2.29. The molecule has 1 aromatic rings. The normalized spacial score (nSPS) is 17.5. The molecule has 0 atom stereocenters. The molecule has 0 unspecified atom stereocenters. The first-order valence-electron chi connectivity index (χ1n) is 4.53. The van der Waals surface area contributed by atoms with Crippen LogP contribution in [0.5, 0.6) is 0 Å². The van der Waals surface area contributed by atoms with Gasteiger partial charge >= 0.3 is 0 Å². The molecule has 1 saturated heterocycles. The number of piperazine rings is 1. The van der Waals surface area contributed by atoms with E-state index in [4.69, 9.17) is 0 Å². The zero-order chi connectivity index (χ0) is 9.10. The molecule has 0 saturated carbocycles. The Labute approximate surface area is 78.0 Å². The molecule has 4 nitrogen and oxygen atoms in total. The first-order chi connectivity index (χ1) is 6.38. The molecule has 0 amide bonds. The highest BCUT2D eigenvalue weighted by Crippen LogP contribution is 2.14. The third-order valence-corrected chi connectivity index (χ3v) is 2.24. The van der Waals surface area contributed by atoms with E-state index in [1.165, 1.54) is 0 Å². The van der Waals surface area contributed by atoms with Gasteiger partial charge in [0, 0.05) is 37.9 Å². The van der Waals surface area contributed by atoms with E-state index >= 15 is 0 Å². The van der Waals surface area contributed by atoms with Gasteiger partial charge in [-0.3, -0.25) is 0 Å². The van der Waals surface area contributed by atoms with Crippen molar-refractivity contribution in [3.05, 3.63) is 18.1 Å². The smallest absolute Gasteiger partial charge is 0.199 e. The molecule has 0 aliphatic carbocycles. The van der Waals surface area contributed by atoms with Crippen molar-refractivity contribution >= 4 is 5.82 Å². The van der Waals surface area contributed by atoms with Crippen LogP contribution in [-0.4, -0.2) is 36.1 Å². The van der Waals surface area contributed by atoms with Gasteiger partial charge in [-0.2, -0.15) is 0 Å². The van der Waals surface area contributed by atoms with Crippen molar-refractivity contribution in [3.8, 4) is 0 Å². The molecule has 1 aliphatic heterocycles. The van der Waals surface area contributed by atoms with Gasteiger partial charge in [0.05, 0.1) is 0 Å². The molecule has 1 N–H and O–H groups in total. The Morgan fingerprint density at radius 3 is 2.92 bits per heavy atom. The van der Waals surface area contributed by atoms with Crippen LogP contribution in [0.2, 0.25) is 0 Å². The number of aromatic nitrogens is 2. The van der Waals surface area contributed by atoms with Crippen LogP contribution < -0.4 is 10.2 Å². The number of hydrogen-bond acceptors (Lipinski definition) is 4. The topological polar surface area (TPSA) is 41.1 Å². The number of nitrogens with one attached hydrogen (secondary N) is 1. The standard InChI is InChI=1S/C9H13N4/c1-8-6-11-7-12-9(8)13-4-2-10-3-5-13/h6,10H,2-5H2,1H3. The monoisotopic (exact) mass is 177 g/mol. The van der Waals surface area contributed by atoms with E-state index in [2.05, 4.69) is 26.5 Å². The Morgan fingerprint density at radius 1 is 1.46 bits per heavy atom. The summed E-state index contributed by atoms with van der Waals surface area (Å²) in [6.07, 6.45) is 4.45. The Morgan fingerprint density at radius 2 is 2.23 bits per heavy atom. The van der Waals surface area contributed by atoms with Gasteiger partial charge in [-0.25, -0.2) is 9.97 Å². The predicted molar refractivity (Wildman–Crippen MR) is 50.7 cm³/mol. The molecule has 1 aromatic heterocycles. The van der Waals surface area contributed by atoms with E-state index in [0.717, 1.165) is 37.6 Å². The molecule has 0 bridgehead atoms. The summed E-state index contributed by atoms with van der Waals surface area (Å²) in [6, 6.07) is 0. The van der Waals surface area contributed by atoms with Gasteiger partial charge in [0.25, 0.3) is 0 Å². The molecule has 1 radical (unpaired) electrons. The maximum Gasteiger partial charge on any atom is 0.199 e. The lowest BCUT2D eigenvalue weighted by molar-refractivity contribution is 0.583. The molecule has 1 aliphatic rings. The van der Waals surface area contributed by atoms with E-state index in [1.54, 1.807) is 0 Å². The van der Waals surface area contributed by atoms with Crippen LogP contribution in [0.15, 0.2) is 6.20 Å². The lowest BCUT2D eigenvalue weighted by atomic mass is 10.3. The summed E-state index contributed by atoms with van der Waals surface area (Å²) in [4.78, 5) is 10.3. The first kappa shape index (κ1) is 8.44. The average Bonchev–Trinajstić information content (AvgIpc) is 2.20. The lowest BCUT2D eigenvalue weighted by Crippen LogP contribution is -2.44. The van der Waals surface area contributed by atoms with Gasteiger partial charge in [0.2, 0.25) is 0 Å². The summed E-state index contributed by atoms with van der Waals surface area (Å²) in [6.45, 7) is 6.13. The fraction of sp³-hybridized carbons (Fsp3) is 0.556. The fourth-order valence-corrected chi connectivity index (χ4v) is 1.54. The Balaban J connectivity index is 2.18. The first-order valence-corrected chi connectivity index (χ1v) is 4.53. The van der Waals surface area contributed by atoms with Crippen molar-refractivity contribution in [1.29, 1.82) is 0 Å². The van der Waals surface area contributed by atoms with Gasteiger partial charge in [-0.1, -0.05) is 0 Å². The molecule has 0 spiro atoms. The molecule has 13 heavy (non-hydrogen) atoms. The quantitative estimate of drug-likeness (QED) is 0.655. The minimum absolute atomic E-state index is 1.02. The van der Waals surface area contributed by atoms with Crippen molar-refractivity contribution in [2.24, 2.45) is 0 Å². The number of aryl methyl sites for hydroxylation is 1. The minimum atomic E-state index is 1.02. The highest BCUT2D eigenvalue weighted by Gasteiger charge is 2.12. The molecule has 0 aromatic carbocycles. The number of hydrogen-bond donors (Lipinski definition) is 1. The van der Waals surface area contributed by atoms with Gasteiger partial charge in [-0.05, 0) is 6.92 Å². The predicted octanol–water partition coefficient (Wildman–Crippen LogP) is -0.00519. The number of rotatable bonds is 1. The fourth-order valence-electron chi connectivity index (χ4n) is 1.54. The molecule has 4 heteroatoms. The van der Waals surface area contributed by atoms with Gasteiger partial charge in [0.1, 0.15) is 5.82 Å². The summed E-state index contributed by atoms with van der Waals surface area (Å²) < 4.78 is 0. The van der Waals surface area contributed by atoms with Crippen LogP contribution in [0.1, 0.15) is 5.56 Å². The maximum absolute atomic E-state index is 4.16. The molecular weight excluding hydrogens is 164 g/mol. The second kappa shape index (κ2) is 3.70. The van der Waals surface area contributed by atoms with Crippen molar-refractivity contribution in [2.45, 2.75) is 6.92 Å². The summed E-state index contributed by atoms with van der Waals surface area (Å²) in [5.74, 6) is 1.02. The van der Waals surface area contributed by atoms with Gasteiger partial charge in [-0.15, -0.1) is 0 Å². The highest BCUT2D eigenvalue weighted by atomic mass is 15.2. The molecule has 2 heterocycles. The molecule has 2 rings (SSSR count). The third-order valence-electron chi connectivity index (χ3n) is 2.24. The largest absolute Gasteiger partial charge is 0.354 e. The Hall–Kier alpha value is -1.16. The van der Waals surface area contributed by atoms with Crippen molar-refractivity contribution in [3.63, 3.8) is 0 Å². The summed E-state index contributed by atoms with van der Waals surface area (Å²) in [5, 5.41) is 3.31. The van der Waals surface area contributed by atoms with Crippen LogP contribution in [0, 0.1) is 13.3 Å². The highest BCUT2D eigenvalue weighted by molar-refractivity contribution is 5.44. The molecule has 69 valence electrons. The number of nitrogens with zero attached hydrogens (tertiary/aromatic N) is 3. The van der Waals surface area contributed by atoms with E-state index < -0.39 is 0 Å². The second-order valence-corrected chi connectivity index (χ2v) is 3.21. The summed E-state index contributed by atoms with van der Waals surface area (Å²) in [5.41, 5.74) is 1.13. The van der Waals surface area contributed by atoms with Crippen LogP contribution in [0.4, 0.5) is 5.82 Å². The SMILES string of the molecule is Cc1cn[c]nc1N1CCNCC1. The summed E-state index contributed by atoms with van der Waals surface area (Å²) in [7, 11) is 0. The zero-order valence-corrected chi connectivity index (χ0v) is 7.75. The van der Waals surface area contributed by atoms with Crippen LogP contribution in [0.25, 0.3) is 0 Å². The van der Waals surface area contributed by atoms with Crippen LogP contribution >= 0.6 is 0 Å². The number of anilines is 1. The second-order valence-electron chi connectivity index (χ2n) is 3.21. The van der Waals surface area contributed by atoms with Gasteiger partial charge < -0.3 is 10.2 Å².